The van der Waals surface area contributed by atoms with Crippen LogP contribution in [-0.4, -0.2) is 33.8 Å². The number of nitrogens with one attached hydrogen (secondary N) is 1. The number of hydrogen-bond acceptors (Lipinski definition) is 5. The maximum atomic E-state index is 12.8. The molecular formula is C14H16FN3O3. The standard InChI is InChI=1S/C14H16FN3O3/c1-9(19)8-16-12(20)6-7-13-17-14(18-21-13)10-2-4-11(15)5-3-10/h2-5,9,19H,6-8H2,1H3,(H,16,20)/t9-/m1/s1. The van der Waals surface area contributed by atoms with E-state index in [-0.39, 0.29) is 24.7 Å². The molecule has 2 N–H and O–H groups in total. The van der Waals surface area contributed by atoms with Gasteiger partial charge in [-0.25, -0.2) is 4.39 Å². The highest BCUT2D eigenvalue weighted by Gasteiger charge is 2.11. The molecule has 0 unspecified atom stereocenters. The van der Waals surface area contributed by atoms with Crippen molar-refractivity contribution < 1.29 is 18.8 Å². The first-order valence-electron chi connectivity index (χ1n) is 6.58. The van der Waals surface area contributed by atoms with Gasteiger partial charge in [-0.05, 0) is 31.2 Å². The summed E-state index contributed by atoms with van der Waals surface area (Å²) in [6.07, 6.45) is -0.0835. The van der Waals surface area contributed by atoms with Crippen LogP contribution in [-0.2, 0) is 11.2 Å². The molecule has 112 valence electrons. The Balaban J connectivity index is 1.88. The lowest BCUT2D eigenvalue weighted by Crippen LogP contribution is -2.30. The van der Waals surface area contributed by atoms with E-state index >= 15 is 0 Å². The number of rotatable bonds is 6. The summed E-state index contributed by atoms with van der Waals surface area (Å²) in [7, 11) is 0. The number of aliphatic hydroxyl groups is 1. The highest BCUT2D eigenvalue weighted by Crippen LogP contribution is 2.16. The molecule has 1 amide bonds. The van der Waals surface area contributed by atoms with Gasteiger partial charge in [-0.15, -0.1) is 0 Å². The zero-order chi connectivity index (χ0) is 15.2. The van der Waals surface area contributed by atoms with Crippen LogP contribution in [0.2, 0.25) is 0 Å². The molecule has 0 bridgehead atoms. The lowest BCUT2D eigenvalue weighted by atomic mass is 10.2. The van der Waals surface area contributed by atoms with E-state index in [0.717, 1.165) is 0 Å². The van der Waals surface area contributed by atoms with Crippen LogP contribution in [0.25, 0.3) is 11.4 Å². The number of hydrogen-bond donors (Lipinski definition) is 2. The summed E-state index contributed by atoms with van der Waals surface area (Å²) in [6.45, 7) is 1.80. The van der Waals surface area contributed by atoms with Gasteiger partial charge in [0.05, 0.1) is 6.10 Å². The largest absolute Gasteiger partial charge is 0.392 e. The molecule has 0 saturated carbocycles. The second-order valence-corrected chi connectivity index (χ2v) is 4.67. The van der Waals surface area contributed by atoms with Crippen molar-refractivity contribution in [2.45, 2.75) is 25.9 Å². The SMILES string of the molecule is C[C@@H](O)CNC(=O)CCc1nc(-c2ccc(F)cc2)no1. The summed E-state index contributed by atoms with van der Waals surface area (Å²) in [4.78, 5) is 15.6. The number of carbonyl (C=O) groups is 1. The van der Waals surface area contributed by atoms with Crippen molar-refractivity contribution in [3.63, 3.8) is 0 Å². The molecule has 6 nitrogen and oxygen atoms in total. The Morgan fingerprint density at radius 2 is 2.14 bits per heavy atom. The van der Waals surface area contributed by atoms with Gasteiger partial charge in [0.2, 0.25) is 17.6 Å². The van der Waals surface area contributed by atoms with Crippen molar-refractivity contribution in [2.75, 3.05) is 6.54 Å². The van der Waals surface area contributed by atoms with Crippen molar-refractivity contribution in [3.8, 4) is 11.4 Å². The van der Waals surface area contributed by atoms with Crippen LogP contribution in [0.3, 0.4) is 0 Å². The van der Waals surface area contributed by atoms with Gasteiger partial charge in [-0.2, -0.15) is 4.98 Å². The van der Waals surface area contributed by atoms with E-state index in [2.05, 4.69) is 15.5 Å². The summed E-state index contributed by atoms with van der Waals surface area (Å²) >= 11 is 0. The molecule has 0 aliphatic heterocycles. The molecule has 1 aromatic carbocycles. The van der Waals surface area contributed by atoms with E-state index in [9.17, 15) is 9.18 Å². The van der Waals surface area contributed by atoms with E-state index in [0.29, 0.717) is 23.7 Å². The van der Waals surface area contributed by atoms with Crippen LogP contribution in [0.1, 0.15) is 19.2 Å². The number of aliphatic hydroxyl groups excluding tert-OH is 1. The van der Waals surface area contributed by atoms with Crippen LogP contribution in [0, 0.1) is 5.82 Å². The van der Waals surface area contributed by atoms with Crippen molar-refractivity contribution in [2.24, 2.45) is 0 Å². The number of carbonyl (C=O) groups excluding carboxylic acids is 1. The maximum absolute atomic E-state index is 12.8. The fourth-order valence-corrected chi connectivity index (χ4v) is 1.64. The van der Waals surface area contributed by atoms with Crippen LogP contribution in [0.5, 0.6) is 0 Å². The zero-order valence-electron chi connectivity index (χ0n) is 11.5. The van der Waals surface area contributed by atoms with Crippen LogP contribution in [0.15, 0.2) is 28.8 Å². The Morgan fingerprint density at radius 3 is 2.81 bits per heavy atom. The van der Waals surface area contributed by atoms with E-state index < -0.39 is 6.10 Å². The minimum absolute atomic E-state index is 0.192. The summed E-state index contributed by atoms with van der Waals surface area (Å²) in [5.41, 5.74) is 0.643. The van der Waals surface area contributed by atoms with Gasteiger partial charge >= 0.3 is 0 Å². The first kappa shape index (κ1) is 15.1. The minimum Gasteiger partial charge on any atom is -0.392 e. The molecule has 1 atom stereocenters. The highest BCUT2D eigenvalue weighted by atomic mass is 19.1. The molecule has 0 aliphatic carbocycles. The topological polar surface area (TPSA) is 88.2 Å². The average molecular weight is 293 g/mol. The summed E-state index contributed by atoms with van der Waals surface area (Å²) in [5, 5.41) is 15.4. The van der Waals surface area contributed by atoms with Crippen LogP contribution < -0.4 is 5.32 Å². The van der Waals surface area contributed by atoms with Gasteiger partial charge in [0.1, 0.15) is 5.82 Å². The predicted molar refractivity (Wildman–Crippen MR) is 72.7 cm³/mol. The quantitative estimate of drug-likeness (QED) is 0.838. The molecule has 7 heteroatoms. The molecule has 0 saturated heterocycles. The summed E-state index contributed by atoms with van der Waals surface area (Å²) < 4.78 is 17.9. The zero-order valence-corrected chi connectivity index (χ0v) is 11.5. The third kappa shape index (κ3) is 4.64. The third-order valence-electron chi connectivity index (χ3n) is 2.73. The molecule has 1 aromatic heterocycles. The first-order chi connectivity index (χ1) is 10.0. The van der Waals surface area contributed by atoms with Gasteiger partial charge in [-0.3, -0.25) is 4.79 Å². The number of aryl methyl sites for hydroxylation is 1. The molecule has 0 fully saturated rings. The molecule has 2 rings (SSSR count). The first-order valence-corrected chi connectivity index (χ1v) is 6.58. The highest BCUT2D eigenvalue weighted by molar-refractivity contribution is 5.76. The molecule has 1 heterocycles. The Bertz CT molecular complexity index is 596. The van der Waals surface area contributed by atoms with Gasteiger partial charge < -0.3 is 14.9 Å². The lowest BCUT2D eigenvalue weighted by molar-refractivity contribution is -0.121. The van der Waals surface area contributed by atoms with Gasteiger partial charge in [0, 0.05) is 24.9 Å². The predicted octanol–water partition coefficient (Wildman–Crippen LogP) is 1.31. The summed E-state index contributed by atoms with van der Waals surface area (Å²) in [5.74, 6) is 0.158. The normalized spacial score (nSPS) is 12.1. The number of aromatic nitrogens is 2. The van der Waals surface area contributed by atoms with Crippen molar-refractivity contribution in [3.05, 3.63) is 36.0 Å². The monoisotopic (exact) mass is 293 g/mol. The molecule has 0 radical (unpaired) electrons. The van der Waals surface area contributed by atoms with E-state index in [1.807, 2.05) is 0 Å². The Morgan fingerprint density at radius 1 is 1.43 bits per heavy atom. The fourth-order valence-electron chi connectivity index (χ4n) is 1.64. The average Bonchev–Trinajstić information content (AvgIpc) is 2.92. The maximum Gasteiger partial charge on any atom is 0.227 e. The lowest BCUT2D eigenvalue weighted by Gasteiger charge is -2.05. The Labute approximate surface area is 121 Å². The molecule has 2 aromatic rings. The van der Waals surface area contributed by atoms with Gasteiger partial charge in [0.15, 0.2) is 0 Å². The van der Waals surface area contributed by atoms with Crippen molar-refractivity contribution in [1.82, 2.24) is 15.5 Å². The van der Waals surface area contributed by atoms with Gasteiger partial charge in [-0.1, -0.05) is 5.16 Å². The minimum atomic E-state index is -0.581. The van der Waals surface area contributed by atoms with Crippen molar-refractivity contribution in [1.29, 1.82) is 0 Å². The Hall–Kier alpha value is -2.28. The number of amides is 1. The second-order valence-electron chi connectivity index (χ2n) is 4.67. The second kappa shape index (κ2) is 6.94. The molecule has 21 heavy (non-hydrogen) atoms. The number of benzene rings is 1. The Kier molecular flexibility index (Phi) is 4.99. The fraction of sp³-hybridized carbons (Fsp3) is 0.357. The van der Waals surface area contributed by atoms with Crippen LogP contribution in [0.4, 0.5) is 4.39 Å². The molecule has 0 spiro atoms. The summed E-state index contributed by atoms with van der Waals surface area (Å²) in [6, 6.07) is 5.74. The van der Waals surface area contributed by atoms with Crippen molar-refractivity contribution >= 4 is 5.91 Å². The van der Waals surface area contributed by atoms with E-state index in [1.165, 1.54) is 12.1 Å². The van der Waals surface area contributed by atoms with Crippen LogP contribution >= 0.6 is 0 Å². The van der Waals surface area contributed by atoms with E-state index in [4.69, 9.17) is 9.63 Å². The molecule has 0 aliphatic rings. The van der Waals surface area contributed by atoms with E-state index in [1.54, 1.807) is 19.1 Å². The molecular weight excluding hydrogens is 277 g/mol. The smallest absolute Gasteiger partial charge is 0.227 e. The number of nitrogens with zero attached hydrogens (tertiary/aromatic N) is 2. The third-order valence-corrected chi connectivity index (χ3v) is 2.73. The van der Waals surface area contributed by atoms with Gasteiger partial charge in [0.25, 0.3) is 0 Å². The number of halogens is 1.